The van der Waals surface area contributed by atoms with Crippen molar-refractivity contribution in [3.8, 4) is 5.75 Å². The van der Waals surface area contributed by atoms with Gasteiger partial charge in [0.15, 0.2) is 6.61 Å². The molecule has 1 aromatic heterocycles. The normalized spacial score (nSPS) is 11.6. The summed E-state index contributed by atoms with van der Waals surface area (Å²) in [4.78, 5) is 12.1. The van der Waals surface area contributed by atoms with Gasteiger partial charge in [0.2, 0.25) is 5.13 Å². The van der Waals surface area contributed by atoms with Crippen LogP contribution in [0.2, 0.25) is 0 Å². The van der Waals surface area contributed by atoms with Gasteiger partial charge >= 0.3 is 0 Å². The highest BCUT2D eigenvalue weighted by molar-refractivity contribution is 7.15. The average Bonchev–Trinajstić information content (AvgIpc) is 2.93. The molecule has 0 spiro atoms. The Morgan fingerprint density at radius 3 is 2.58 bits per heavy atom. The lowest BCUT2D eigenvalue weighted by molar-refractivity contribution is -0.118. The second-order valence-electron chi connectivity index (χ2n) is 7.19. The number of nitrogens with one attached hydrogen (secondary N) is 1. The van der Waals surface area contributed by atoms with E-state index in [9.17, 15) is 4.79 Å². The summed E-state index contributed by atoms with van der Waals surface area (Å²) in [7, 11) is 0. The minimum absolute atomic E-state index is 0.0524. The van der Waals surface area contributed by atoms with Crippen molar-refractivity contribution in [1.29, 1.82) is 0 Å². The fraction of sp³-hybridized carbons (Fsp3) is 0.500. The fourth-order valence-corrected chi connectivity index (χ4v) is 2.93. The molecule has 2 aromatic rings. The van der Waals surface area contributed by atoms with Crippen LogP contribution >= 0.6 is 11.3 Å². The van der Waals surface area contributed by atoms with Gasteiger partial charge in [-0.25, -0.2) is 0 Å². The Labute approximate surface area is 147 Å². The highest BCUT2D eigenvalue weighted by Crippen LogP contribution is 2.32. The Balaban J connectivity index is 2.01. The summed E-state index contributed by atoms with van der Waals surface area (Å²) in [6, 6.07) is 6.01. The zero-order chi connectivity index (χ0) is 17.9. The van der Waals surface area contributed by atoms with Crippen LogP contribution in [-0.4, -0.2) is 22.7 Å². The first-order valence-electron chi connectivity index (χ1n) is 8.04. The zero-order valence-corrected chi connectivity index (χ0v) is 16.0. The lowest BCUT2D eigenvalue weighted by atomic mass is 9.85. The van der Waals surface area contributed by atoms with E-state index in [-0.39, 0.29) is 17.9 Å². The van der Waals surface area contributed by atoms with Crippen molar-refractivity contribution in [3.05, 3.63) is 34.3 Å². The van der Waals surface area contributed by atoms with Gasteiger partial charge in [0.25, 0.3) is 5.91 Å². The third-order valence-corrected chi connectivity index (χ3v) is 4.62. The maximum absolute atomic E-state index is 12.1. The average molecular weight is 347 g/mol. The Morgan fingerprint density at radius 1 is 1.29 bits per heavy atom. The first kappa shape index (κ1) is 18.4. The number of aromatic nitrogens is 2. The number of amides is 1. The van der Waals surface area contributed by atoms with E-state index in [1.165, 1.54) is 16.9 Å². The number of carbonyl (C=O) groups excluding carboxylic acids is 1. The molecule has 1 amide bonds. The summed E-state index contributed by atoms with van der Waals surface area (Å²) in [5.41, 5.74) is 2.21. The number of aryl methyl sites for hydroxylation is 1. The van der Waals surface area contributed by atoms with Crippen molar-refractivity contribution in [2.75, 3.05) is 11.9 Å². The minimum atomic E-state index is -0.234. The zero-order valence-electron chi connectivity index (χ0n) is 15.1. The molecule has 0 atom stereocenters. The number of hydrogen-bond acceptors (Lipinski definition) is 5. The van der Waals surface area contributed by atoms with Crippen LogP contribution in [0.4, 0.5) is 5.13 Å². The number of nitrogens with zero attached hydrogens (tertiary/aromatic N) is 2. The number of ether oxygens (including phenoxy) is 1. The molecule has 0 bridgehead atoms. The predicted molar refractivity (Wildman–Crippen MR) is 98.0 cm³/mol. The fourth-order valence-electron chi connectivity index (χ4n) is 2.17. The van der Waals surface area contributed by atoms with Crippen molar-refractivity contribution < 1.29 is 9.53 Å². The number of benzene rings is 1. The molecule has 0 aliphatic rings. The van der Waals surface area contributed by atoms with Gasteiger partial charge in [-0.15, -0.1) is 10.2 Å². The molecule has 0 aliphatic carbocycles. The summed E-state index contributed by atoms with van der Waals surface area (Å²) < 4.78 is 5.75. The van der Waals surface area contributed by atoms with E-state index < -0.39 is 0 Å². The van der Waals surface area contributed by atoms with Crippen LogP contribution in [0.15, 0.2) is 18.2 Å². The number of rotatable bonds is 5. The van der Waals surface area contributed by atoms with Crippen LogP contribution in [0.3, 0.4) is 0 Å². The molecule has 0 saturated carbocycles. The Bertz CT molecular complexity index is 717. The van der Waals surface area contributed by atoms with Crippen LogP contribution in [-0.2, 0) is 10.2 Å². The maximum Gasteiger partial charge on any atom is 0.264 e. The van der Waals surface area contributed by atoms with Gasteiger partial charge in [0.1, 0.15) is 10.8 Å². The summed E-state index contributed by atoms with van der Waals surface area (Å²) in [5, 5.41) is 12.2. The lowest BCUT2D eigenvalue weighted by Gasteiger charge is -2.23. The van der Waals surface area contributed by atoms with E-state index in [0.717, 1.165) is 16.3 Å². The Morgan fingerprint density at radius 2 is 2.00 bits per heavy atom. The smallest absolute Gasteiger partial charge is 0.264 e. The molecule has 0 aliphatic heterocycles. The van der Waals surface area contributed by atoms with Crippen LogP contribution in [0, 0.1) is 6.92 Å². The molecule has 0 saturated heterocycles. The van der Waals surface area contributed by atoms with Crippen molar-refractivity contribution in [3.63, 3.8) is 0 Å². The van der Waals surface area contributed by atoms with Gasteiger partial charge in [-0.2, -0.15) is 0 Å². The second-order valence-corrected chi connectivity index (χ2v) is 8.20. The quantitative estimate of drug-likeness (QED) is 0.876. The molecule has 1 aromatic carbocycles. The SMILES string of the molecule is Cc1ccc(OCC(=O)Nc2nnc(C(C)C)s2)c(C(C)(C)C)c1. The van der Waals surface area contributed by atoms with Gasteiger partial charge in [-0.05, 0) is 24.0 Å². The second kappa shape index (κ2) is 7.30. The topological polar surface area (TPSA) is 64.1 Å². The van der Waals surface area contributed by atoms with E-state index in [1.807, 2.05) is 32.9 Å². The van der Waals surface area contributed by atoms with Gasteiger partial charge < -0.3 is 4.74 Å². The van der Waals surface area contributed by atoms with E-state index in [4.69, 9.17) is 4.74 Å². The molecular formula is C18H25N3O2S. The van der Waals surface area contributed by atoms with E-state index in [0.29, 0.717) is 11.0 Å². The number of hydrogen-bond donors (Lipinski definition) is 1. The highest BCUT2D eigenvalue weighted by atomic mass is 32.1. The molecule has 24 heavy (non-hydrogen) atoms. The van der Waals surface area contributed by atoms with Gasteiger partial charge in [0, 0.05) is 5.92 Å². The molecule has 0 fully saturated rings. The molecule has 6 heteroatoms. The highest BCUT2D eigenvalue weighted by Gasteiger charge is 2.20. The van der Waals surface area contributed by atoms with Gasteiger partial charge in [0.05, 0.1) is 0 Å². The molecule has 0 unspecified atom stereocenters. The summed E-state index contributed by atoms with van der Waals surface area (Å²) >= 11 is 1.39. The molecule has 130 valence electrons. The largest absolute Gasteiger partial charge is 0.483 e. The van der Waals surface area contributed by atoms with Crippen molar-refractivity contribution in [1.82, 2.24) is 10.2 Å². The Hall–Kier alpha value is -1.95. The monoisotopic (exact) mass is 347 g/mol. The molecule has 0 radical (unpaired) electrons. The molecule has 1 heterocycles. The van der Waals surface area contributed by atoms with Crippen molar-refractivity contribution in [2.45, 2.75) is 52.9 Å². The van der Waals surface area contributed by atoms with E-state index in [2.05, 4.69) is 42.4 Å². The van der Waals surface area contributed by atoms with Crippen LogP contribution in [0.1, 0.15) is 56.7 Å². The van der Waals surface area contributed by atoms with Gasteiger partial charge in [-0.1, -0.05) is 63.7 Å². The summed E-state index contributed by atoms with van der Waals surface area (Å²) in [6.45, 7) is 12.5. The third kappa shape index (κ3) is 4.77. The van der Waals surface area contributed by atoms with Crippen molar-refractivity contribution >= 4 is 22.4 Å². The van der Waals surface area contributed by atoms with Crippen LogP contribution in [0.5, 0.6) is 5.75 Å². The molecular weight excluding hydrogens is 322 g/mol. The predicted octanol–water partition coefficient (Wildman–Crippen LogP) is 4.28. The van der Waals surface area contributed by atoms with Crippen molar-refractivity contribution in [2.24, 2.45) is 0 Å². The summed E-state index contributed by atoms with van der Waals surface area (Å²) in [5.74, 6) is 0.802. The lowest BCUT2D eigenvalue weighted by Crippen LogP contribution is -2.22. The maximum atomic E-state index is 12.1. The molecule has 2 rings (SSSR count). The standard InChI is InChI=1S/C18H25N3O2S/c1-11(2)16-20-21-17(24-16)19-15(22)10-23-14-8-7-12(3)9-13(14)18(4,5)6/h7-9,11H,10H2,1-6H3,(H,19,21,22). The van der Waals surface area contributed by atoms with Crippen LogP contribution < -0.4 is 10.1 Å². The molecule has 5 nitrogen and oxygen atoms in total. The first-order valence-corrected chi connectivity index (χ1v) is 8.85. The first-order chi connectivity index (χ1) is 11.2. The Kier molecular flexibility index (Phi) is 5.59. The van der Waals surface area contributed by atoms with E-state index >= 15 is 0 Å². The number of carbonyl (C=O) groups is 1. The minimum Gasteiger partial charge on any atom is -0.483 e. The summed E-state index contributed by atoms with van der Waals surface area (Å²) in [6.07, 6.45) is 0. The van der Waals surface area contributed by atoms with E-state index in [1.54, 1.807) is 0 Å². The molecule has 1 N–H and O–H groups in total. The number of anilines is 1. The van der Waals surface area contributed by atoms with Gasteiger partial charge in [-0.3, -0.25) is 10.1 Å². The van der Waals surface area contributed by atoms with Crippen LogP contribution in [0.25, 0.3) is 0 Å². The third-order valence-electron chi connectivity index (χ3n) is 3.48.